The minimum absolute atomic E-state index is 0.261. The largest absolute Gasteiger partial charge is 0.497 e. The van der Waals surface area contributed by atoms with E-state index < -0.39 is 11.1 Å². The summed E-state index contributed by atoms with van der Waals surface area (Å²) in [6, 6.07) is 7.68. The molecule has 0 aromatic heterocycles. The maximum atomic E-state index is 10.2. The van der Waals surface area contributed by atoms with Crippen molar-refractivity contribution in [2.24, 2.45) is 5.73 Å². The van der Waals surface area contributed by atoms with E-state index >= 15 is 0 Å². The number of rotatable bonds is 7. The number of nitro groups is 1. The van der Waals surface area contributed by atoms with Crippen LogP contribution < -0.4 is 15.8 Å². The molecule has 0 amide bonds. The van der Waals surface area contributed by atoms with Gasteiger partial charge in [-0.15, -0.1) is 0 Å². The molecule has 0 aliphatic rings. The first-order chi connectivity index (χ1) is 8.11. The van der Waals surface area contributed by atoms with Crippen LogP contribution >= 0.6 is 0 Å². The molecule has 0 aliphatic heterocycles. The Morgan fingerprint density at radius 2 is 2.12 bits per heavy atom. The van der Waals surface area contributed by atoms with Gasteiger partial charge in [-0.05, 0) is 24.1 Å². The van der Waals surface area contributed by atoms with Crippen molar-refractivity contribution in [2.75, 3.05) is 20.2 Å². The highest BCUT2D eigenvalue weighted by atomic mass is 16.6. The number of hydrogen-bond donors (Lipinski definition) is 2. The van der Waals surface area contributed by atoms with Gasteiger partial charge >= 0.3 is 0 Å². The van der Waals surface area contributed by atoms with E-state index in [1.807, 2.05) is 24.3 Å². The zero-order chi connectivity index (χ0) is 12.7. The minimum Gasteiger partial charge on any atom is -0.497 e. The van der Waals surface area contributed by atoms with Crippen LogP contribution in [-0.4, -0.2) is 31.3 Å². The summed E-state index contributed by atoms with van der Waals surface area (Å²) in [5.41, 5.74) is 6.64. The quantitative estimate of drug-likeness (QED) is 0.408. The maximum absolute atomic E-state index is 10.2. The van der Waals surface area contributed by atoms with Gasteiger partial charge in [-0.25, -0.2) is 0 Å². The van der Waals surface area contributed by atoms with Crippen LogP contribution in [0.25, 0.3) is 0 Å². The Kier molecular flexibility index (Phi) is 5.38. The molecule has 0 saturated heterocycles. The summed E-state index contributed by atoms with van der Waals surface area (Å²) >= 11 is 0. The first-order valence-corrected chi connectivity index (χ1v) is 5.35. The van der Waals surface area contributed by atoms with Crippen LogP contribution in [0.1, 0.15) is 5.56 Å². The lowest BCUT2D eigenvalue weighted by molar-refractivity contribution is -0.483. The molecule has 0 fully saturated rings. The van der Waals surface area contributed by atoms with Crippen LogP contribution in [0.2, 0.25) is 0 Å². The smallest absolute Gasteiger partial charge is 0.231 e. The molecule has 1 unspecified atom stereocenters. The van der Waals surface area contributed by atoms with Crippen LogP contribution in [0.4, 0.5) is 0 Å². The van der Waals surface area contributed by atoms with Crippen LogP contribution in [0, 0.1) is 10.1 Å². The lowest BCUT2D eigenvalue weighted by Gasteiger charge is -2.09. The second kappa shape index (κ2) is 6.82. The van der Waals surface area contributed by atoms with Gasteiger partial charge < -0.3 is 10.5 Å². The molecule has 1 aromatic rings. The first-order valence-electron chi connectivity index (χ1n) is 5.35. The average molecular weight is 239 g/mol. The molecule has 0 spiro atoms. The molecule has 0 bridgehead atoms. The van der Waals surface area contributed by atoms with Crippen molar-refractivity contribution in [3.05, 3.63) is 39.9 Å². The molecule has 0 saturated carbocycles. The van der Waals surface area contributed by atoms with Gasteiger partial charge in [0.15, 0.2) is 0 Å². The van der Waals surface area contributed by atoms with E-state index in [4.69, 9.17) is 10.5 Å². The van der Waals surface area contributed by atoms with E-state index in [0.717, 1.165) is 17.7 Å². The van der Waals surface area contributed by atoms with E-state index in [1.165, 1.54) is 0 Å². The number of nitrogens with two attached hydrogens (primary N) is 1. The summed E-state index contributed by atoms with van der Waals surface area (Å²) in [6.07, 6.45) is 0.179. The lowest BCUT2D eigenvalue weighted by atomic mass is 10.1. The van der Waals surface area contributed by atoms with Crippen LogP contribution in [0.3, 0.4) is 0 Å². The number of hydrogen-bond acceptors (Lipinski definition) is 5. The Hall–Kier alpha value is -1.66. The predicted octanol–water partition coefficient (Wildman–Crippen LogP) is 0.389. The number of nitrogens with zero attached hydrogens (tertiary/aromatic N) is 1. The van der Waals surface area contributed by atoms with Gasteiger partial charge in [0.05, 0.1) is 7.11 Å². The average Bonchev–Trinajstić information content (AvgIpc) is 2.29. The third kappa shape index (κ3) is 5.28. The highest BCUT2D eigenvalue weighted by molar-refractivity contribution is 5.27. The summed E-state index contributed by atoms with van der Waals surface area (Å²) < 4.78 is 5.05. The fourth-order valence-electron chi connectivity index (χ4n) is 1.42. The molecule has 0 aliphatic carbocycles. The summed E-state index contributed by atoms with van der Waals surface area (Å²) in [5, 5.41) is 13.1. The Balaban J connectivity index is 2.28. The van der Waals surface area contributed by atoms with Gasteiger partial charge in [0, 0.05) is 11.5 Å². The second-order valence-electron chi connectivity index (χ2n) is 3.67. The van der Waals surface area contributed by atoms with E-state index in [2.05, 4.69) is 5.32 Å². The van der Waals surface area contributed by atoms with Crippen LogP contribution in [0.5, 0.6) is 5.75 Å². The van der Waals surface area contributed by atoms with E-state index in [-0.39, 0.29) is 6.54 Å². The summed E-state index contributed by atoms with van der Waals surface area (Å²) in [6.45, 7) is 0.351. The monoisotopic (exact) mass is 239 g/mol. The third-order valence-electron chi connectivity index (χ3n) is 2.33. The van der Waals surface area contributed by atoms with Crippen molar-refractivity contribution < 1.29 is 9.66 Å². The lowest BCUT2D eigenvalue weighted by Crippen LogP contribution is -2.43. The molecule has 3 N–H and O–H groups in total. The molecule has 6 nitrogen and oxygen atoms in total. The van der Waals surface area contributed by atoms with Crippen molar-refractivity contribution in [2.45, 2.75) is 12.6 Å². The van der Waals surface area contributed by atoms with Crippen molar-refractivity contribution in [1.82, 2.24) is 5.32 Å². The standard InChI is InChI=1S/C11H17N3O3/c1-17-10-4-2-9(3-5-10)6-7-13-11(12)8-14(15)16/h2-5,11,13H,6-8,12H2,1H3. The van der Waals surface area contributed by atoms with Crippen molar-refractivity contribution in [3.8, 4) is 5.75 Å². The molecular formula is C11H17N3O3. The van der Waals surface area contributed by atoms with Crippen molar-refractivity contribution in [3.63, 3.8) is 0 Å². The van der Waals surface area contributed by atoms with Crippen molar-refractivity contribution >= 4 is 0 Å². The fourth-order valence-corrected chi connectivity index (χ4v) is 1.42. The summed E-state index contributed by atoms with van der Waals surface area (Å²) in [7, 11) is 1.62. The molecule has 6 heteroatoms. The Bertz CT molecular complexity index is 353. The summed E-state index contributed by atoms with van der Waals surface area (Å²) in [4.78, 5) is 9.76. The molecule has 1 atom stereocenters. The molecule has 1 aromatic carbocycles. The minimum atomic E-state index is -0.594. The van der Waals surface area contributed by atoms with Crippen LogP contribution in [-0.2, 0) is 6.42 Å². The fraction of sp³-hybridized carbons (Fsp3) is 0.455. The zero-order valence-electron chi connectivity index (χ0n) is 9.76. The number of ether oxygens (including phenoxy) is 1. The molecular weight excluding hydrogens is 222 g/mol. The summed E-state index contributed by atoms with van der Waals surface area (Å²) in [5.74, 6) is 0.812. The highest BCUT2D eigenvalue weighted by Gasteiger charge is 2.07. The van der Waals surface area contributed by atoms with Gasteiger partial charge in [-0.2, -0.15) is 0 Å². The molecule has 1 rings (SSSR count). The molecule has 0 heterocycles. The zero-order valence-corrected chi connectivity index (χ0v) is 9.76. The van der Waals surface area contributed by atoms with E-state index in [0.29, 0.717) is 6.54 Å². The highest BCUT2D eigenvalue weighted by Crippen LogP contribution is 2.11. The van der Waals surface area contributed by atoms with Gasteiger partial charge in [-0.3, -0.25) is 15.4 Å². The topological polar surface area (TPSA) is 90.4 Å². The van der Waals surface area contributed by atoms with Crippen molar-refractivity contribution in [1.29, 1.82) is 0 Å². The van der Waals surface area contributed by atoms with Gasteiger partial charge in [0.1, 0.15) is 11.9 Å². The number of nitrogens with one attached hydrogen (secondary N) is 1. The normalized spacial score (nSPS) is 12.1. The van der Waals surface area contributed by atoms with Crippen LogP contribution in [0.15, 0.2) is 24.3 Å². The number of benzene rings is 1. The van der Waals surface area contributed by atoms with Gasteiger partial charge in [0.2, 0.25) is 6.54 Å². The predicted molar refractivity (Wildman–Crippen MR) is 64.5 cm³/mol. The Morgan fingerprint density at radius 1 is 1.47 bits per heavy atom. The molecule has 94 valence electrons. The molecule has 0 radical (unpaired) electrons. The maximum Gasteiger partial charge on any atom is 0.231 e. The first kappa shape index (κ1) is 13.4. The third-order valence-corrected chi connectivity index (χ3v) is 2.33. The Labute approximate surface area is 99.9 Å². The van der Waals surface area contributed by atoms with E-state index in [1.54, 1.807) is 7.11 Å². The van der Waals surface area contributed by atoms with Gasteiger partial charge in [0.25, 0.3) is 0 Å². The van der Waals surface area contributed by atoms with E-state index in [9.17, 15) is 10.1 Å². The number of methoxy groups -OCH3 is 1. The second-order valence-corrected chi connectivity index (χ2v) is 3.67. The Morgan fingerprint density at radius 3 is 2.65 bits per heavy atom. The molecule has 17 heavy (non-hydrogen) atoms. The SMILES string of the molecule is COc1ccc(CCNC(N)C[N+](=O)[O-])cc1. The van der Waals surface area contributed by atoms with Gasteiger partial charge in [-0.1, -0.05) is 12.1 Å².